The Morgan fingerprint density at radius 3 is 2.26 bits per heavy atom. The van der Waals surface area contributed by atoms with Crippen LogP contribution in [0.5, 0.6) is 0 Å². The van der Waals surface area contributed by atoms with Gasteiger partial charge in [-0.1, -0.05) is 93.4 Å². The zero-order valence-corrected chi connectivity index (χ0v) is 28.2. The lowest BCUT2D eigenvalue weighted by Crippen LogP contribution is -2.52. The monoisotopic (exact) mass is 674 g/mol. The first-order chi connectivity index (χ1) is 22.6. The first-order valence-corrected chi connectivity index (χ1v) is 17.2. The molecule has 13 nitrogen and oxygen atoms in total. The summed E-state index contributed by atoms with van der Waals surface area (Å²) in [5.41, 5.74) is 9.41. The van der Waals surface area contributed by atoms with Crippen molar-refractivity contribution in [2.24, 2.45) is 5.11 Å². The number of aliphatic hydroxyl groups is 1. The summed E-state index contributed by atoms with van der Waals surface area (Å²) in [5, 5.41) is 36.8. The summed E-state index contributed by atoms with van der Waals surface area (Å²) in [6, 6.07) is 4.38. The molecule has 0 spiro atoms. The molecule has 1 rings (SSSR count). The zero-order chi connectivity index (χ0) is 34.9. The second kappa shape index (κ2) is 25.1. The van der Waals surface area contributed by atoms with Crippen molar-refractivity contribution in [2.75, 3.05) is 24.2 Å². The molecule has 260 valence electrons. The standard InChI is InChI=1S/C33H50N6O7S/c1-3-4-5-6-7-8-9-10-11-12-13-14-17-29(28(40)16-15-18-30(41)42)47-24-27(32(45)35-23-31(43)44)36-33(46)39(2)26-21-19-25(20-22-26)37-38-34/h12-14,17,19-22,27-29,40H,3-11,15-16,18,23-24H2,1-2H3,(H,35,45)(H,36,46)(H,41,42)(H,43,44)/b13-12+,17-14-/t27-,28-,29+/m0/s1. The molecule has 1 aromatic rings. The van der Waals surface area contributed by atoms with Crippen molar-refractivity contribution in [2.45, 2.75) is 101 Å². The third kappa shape index (κ3) is 19.3. The van der Waals surface area contributed by atoms with Crippen LogP contribution in [0.3, 0.4) is 0 Å². The Bertz CT molecular complexity index is 1200. The number of hydrogen-bond acceptors (Lipinski definition) is 7. The molecule has 0 aliphatic carbocycles. The molecule has 0 radical (unpaired) electrons. The van der Waals surface area contributed by atoms with E-state index in [1.54, 1.807) is 18.2 Å². The fourth-order valence-electron chi connectivity index (χ4n) is 4.50. The predicted molar refractivity (Wildman–Crippen MR) is 186 cm³/mol. The van der Waals surface area contributed by atoms with Crippen molar-refractivity contribution in [1.82, 2.24) is 10.6 Å². The van der Waals surface area contributed by atoms with Crippen molar-refractivity contribution >= 4 is 47.0 Å². The average molecular weight is 675 g/mol. The normalized spacial score (nSPS) is 13.1. The Balaban J connectivity index is 2.91. The van der Waals surface area contributed by atoms with E-state index in [0.29, 0.717) is 11.4 Å². The van der Waals surface area contributed by atoms with Crippen LogP contribution in [0.15, 0.2) is 53.7 Å². The molecule has 0 bridgehead atoms. The average Bonchev–Trinajstić information content (AvgIpc) is 3.04. The van der Waals surface area contributed by atoms with E-state index in [-0.39, 0.29) is 25.0 Å². The highest BCUT2D eigenvalue weighted by molar-refractivity contribution is 8.00. The summed E-state index contributed by atoms with van der Waals surface area (Å²) >= 11 is 1.19. The van der Waals surface area contributed by atoms with E-state index in [2.05, 4.69) is 33.7 Å². The number of rotatable bonds is 25. The second-order valence-corrected chi connectivity index (χ2v) is 12.3. The molecule has 0 fully saturated rings. The number of benzene rings is 1. The second-order valence-electron chi connectivity index (χ2n) is 11.1. The minimum Gasteiger partial charge on any atom is -0.481 e. The number of carbonyl (C=O) groups excluding carboxylic acids is 2. The van der Waals surface area contributed by atoms with Crippen LogP contribution in [0.2, 0.25) is 0 Å². The number of unbranched alkanes of at least 4 members (excludes halogenated alkanes) is 8. The van der Waals surface area contributed by atoms with Crippen molar-refractivity contribution in [3.8, 4) is 0 Å². The van der Waals surface area contributed by atoms with Gasteiger partial charge in [0, 0.05) is 40.8 Å². The van der Waals surface area contributed by atoms with Crippen LogP contribution in [0.1, 0.15) is 84.0 Å². The van der Waals surface area contributed by atoms with Crippen molar-refractivity contribution in [1.29, 1.82) is 0 Å². The molecule has 1 aromatic carbocycles. The molecular weight excluding hydrogens is 624 g/mol. The third-order valence-electron chi connectivity index (χ3n) is 7.23. The number of nitrogens with one attached hydrogen (secondary N) is 2. The topological polar surface area (TPSA) is 205 Å². The van der Waals surface area contributed by atoms with Crippen LogP contribution in [0.4, 0.5) is 16.2 Å². The largest absolute Gasteiger partial charge is 0.481 e. The van der Waals surface area contributed by atoms with E-state index in [0.717, 1.165) is 12.8 Å². The highest BCUT2D eigenvalue weighted by atomic mass is 32.2. The Kier molecular flexibility index (Phi) is 21.9. The number of allylic oxidation sites excluding steroid dienone is 3. The Morgan fingerprint density at radius 1 is 0.979 bits per heavy atom. The molecule has 14 heteroatoms. The van der Waals surface area contributed by atoms with Crippen LogP contribution < -0.4 is 15.5 Å². The number of nitrogens with zero attached hydrogens (tertiary/aromatic N) is 4. The molecule has 3 atom stereocenters. The summed E-state index contributed by atoms with van der Waals surface area (Å²) in [4.78, 5) is 52.1. The lowest BCUT2D eigenvalue weighted by molar-refractivity contribution is -0.138. The van der Waals surface area contributed by atoms with Crippen LogP contribution in [0, 0.1) is 0 Å². The number of urea groups is 1. The fraction of sp³-hybridized carbons (Fsp3) is 0.576. The summed E-state index contributed by atoms with van der Waals surface area (Å²) in [6.07, 6.45) is 17.8. The number of amides is 3. The van der Waals surface area contributed by atoms with Gasteiger partial charge in [0.1, 0.15) is 12.6 Å². The molecular formula is C33H50N6O7S. The van der Waals surface area contributed by atoms with Gasteiger partial charge in [-0.3, -0.25) is 19.3 Å². The number of anilines is 1. The predicted octanol–water partition coefficient (Wildman–Crippen LogP) is 6.70. The van der Waals surface area contributed by atoms with E-state index in [1.807, 2.05) is 12.2 Å². The molecule has 0 saturated heterocycles. The fourth-order valence-corrected chi connectivity index (χ4v) is 5.71. The number of thioether (sulfide) groups is 1. The van der Waals surface area contributed by atoms with E-state index in [1.165, 1.54) is 80.8 Å². The summed E-state index contributed by atoms with van der Waals surface area (Å²) in [7, 11) is 1.48. The van der Waals surface area contributed by atoms with Crippen LogP contribution in [0.25, 0.3) is 10.4 Å². The molecule has 0 unspecified atom stereocenters. The van der Waals surface area contributed by atoms with Gasteiger partial charge in [0.15, 0.2) is 0 Å². The van der Waals surface area contributed by atoms with Gasteiger partial charge in [-0.2, -0.15) is 0 Å². The molecule has 0 heterocycles. The minimum atomic E-state index is -1.25. The minimum absolute atomic E-state index is 0.00613. The summed E-state index contributed by atoms with van der Waals surface area (Å²) in [5.74, 6) is -2.93. The van der Waals surface area contributed by atoms with Crippen molar-refractivity contribution in [3.63, 3.8) is 0 Å². The van der Waals surface area contributed by atoms with Gasteiger partial charge >= 0.3 is 18.0 Å². The number of carbonyl (C=O) groups is 4. The van der Waals surface area contributed by atoms with Gasteiger partial charge in [-0.15, -0.1) is 11.8 Å². The SMILES string of the molecule is CCCCCCCCCC/C=C/C=C\[C@@H](SC[C@H](NC(=O)N(C)c1ccc(N=[N+]=[N-])cc1)C(=O)NCC(=O)O)[C@@H](O)CCCC(=O)O. The molecule has 0 aliphatic heterocycles. The molecule has 0 aromatic heterocycles. The van der Waals surface area contributed by atoms with Crippen molar-refractivity contribution < 1.29 is 34.5 Å². The summed E-state index contributed by atoms with van der Waals surface area (Å²) < 4.78 is 0. The highest BCUT2D eigenvalue weighted by Crippen LogP contribution is 2.23. The maximum Gasteiger partial charge on any atom is 0.322 e. The quantitative estimate of drug-likeness (QED) is 0.0247. The van der Waals surface area contributed by atoms with Crippen LogP contribution in [-0.4, -0.2) is 75.9 Å². The molecule has 0 saturated carbocycles. The molecule has 5 N–H and O–H groups in total. The first kappa shape index (κ1) is 41.0. The number of carboxylic acid groups (broad SMARTS) is 2. The molecule has 0 aliphatic rings. The van der Waals surface area contributed by atoms with E-state index >= 15 is 0 Å². The van der Waals surface area contributed by atoms with Gasteiger partial charge in [-0.25, -0.2) is 4.79 Å². The first-order valence-electron chi connectivity index (χ1n) is 16.1. The van der Waals surface area contributed by atoms with Gasteiger partial charge in [-0.05, 0) is 43.3 Å². The number of azide groups is 1. The van der Waals surface area contributed by atoms with Crippen molar-refractivity contribution in [3.05, 3.63) is 59.0 Å². The maximum atomic E-state index is 13.1. The van der Waals surface area contributed by atoms with Crippen LogP contribution >= 0.6 is 11.8 Å². The summed E-state index contributed by atoms with van der Waals surface area (Å²) in [6.45, 7) is 1.57. The van der Waals surface area contributed by atoms with E-state index in [4.69, 9.17) is 15.7 Å². The van der Waals surface area contributed by atoms with E-state index in [9.17, 15) is 24.3 Å². The number of aliphatic hydroxyl groups excluding tert-OH is 1. The Morgan fingerprint density at radius 2 is 1.64 bits per heavy atom. The zero-order valence-electron chi connectivity index (χ0n) is 27.4. The molecule has 47 heavy (non-hydrogen) atoms. The maximum absolute atomic E-state index is 13.1. The van der Waals surface area contributed by atoms with Gasteiger partial charge in [0.05, 0.1) is 6.10 Å². The number of aliphatic carboxylic acids is 2. The number of carboxylic acids is 2. The number of hydrogen-bond donors (Lipinski definition) is 5. The van der Waals surface area contributed by atoms with E-state index < -0.39 is 47.8 Å². The van der Waals surface area contributed by atoms with Gasteiger partial charge in [0.2, 0.25) is 5.91 Å². The smallest absolute Gasteiger partial charge is 0.322 e. The van der Waals surface area contributed by atoms with Gasteiger partial charge < -0.3 is 26.0 Å². The van der Waals surface area contributed by atoms with Crippen LogP contribution in [-0.2, 0) is 14.4 Å². The Labute approximate surface area is 281 Å². The third-order valence-corrected chi connectivity index (χ3v) is 8.61. The lowest BCUT2D eigenvalue weighted by atomic mass is 10.1. The van der Waals surface area contributed by atoms with Gasteiger partial charge in [0.25, 0.3) is 0 Å². The Hall–Kier alpha value is -4.00. The highest BCUT2D eigenvalue weighted by Gasteiger charge is 2.26. The lowest BCUT2D eigenvalue weighted by Gasteiger charge is -2.25. The molecule has 3 amide bonds.